The van der Waals surface area contributed by atoms with Crippen LogP contribution in [0.5, 0.6) is 0 Å². The standard InChI is InChI=1S/C15H15FN2O/c1-10-4-5-14-11(7-10)3-2-6-18(14)15(19)13-8-12(16)9-17-13/h4-5,7-9,17H,2-3,6H2,1H3. The number of nitrogens with zero attached hydrogens (tertiary/aromatic N) is 1. The Kier molecular flexibility index (Phi) is 2.85. The minimum atomic E-state index is -0.413. The number of halogens is 1. The average Bonchev–Trinajstić information content (AvgIpc) is 2.83. The van der Waals surface area contributed by atoms with E-state index in [0.717, 1.165) is 18.5 Å². The number of aromatic amines is 1. The number of carbonyl (C=O) groups is 1. The highest BCUT2D eigenvalue weighted by Crippen LogP contribution is 2.29. The molecule has 1 aromatic heterocycles. The fraction of sp³-hybridized carbons (Fsp3) is 0.267. The predicted molar refractivity (Wildman–Crippen MR) is 71.9 cm³/mol. The Morgan fingerprint density at radius 3 is 2.95 bits per heavy atom. The number of hydrogen-bond donors (Lipinski definition) is 1. The molecule has 0 aliphatic carbocycles. The Morgan fingerprint density at radius 1 is 1.37 bits per heavy atom. The van der Waals surface area contributed by atoms with Gasteiger partial charge >= 0.3 is 0 Å². The first-order chi connectivity index (χ1) is 9.15. The molecule has 1 N–H and O–H groups in total. The van der Waals surface area contributed by atoms with Crippen LogP contribution in [0.4, 0.5) is 10.1 Å². The smallest absolute Gasteiger partial charge is 0.274 e. The number of carbonyl (C=O) groups excluding carboxylic acids is 1. The third-order valence-electron chi connectivity index (χ3n) is 3.48. The number of aromatic nitrogens is 1. The summed E-state index contributed by atoms with van der Waals surface area (Å²) in [4.78, 5) is 16.8. The van der Waals surface area contributed by atoms with Crippen molar-refractivity contribution in [2.75, 3.05) is 11.4 Å². The molecule has 2 heterocycles. The van der Waals surface area contributed by atoms with E-state index in [1.165, 1.54) is 23.4 Å². The van der Waals surface area contributed by atoms with E-state index in [2.05, 4.69) is 11.1 Å². The van der Waals surface area contributed by atoms with Gasteiger partial charge in [0, 0.05) is 24.5 Å². The Morgan fingerprint density at radius 2 is 2.21 bits per heavy atom. The summed E-state index contributed by atoms with van der Waals surface area (Å²) in [6.45, 7) is 2.72. The van der Waals surface area contributed by atoms with Gasteiger partial charge in [0.1, 0.15) is 11.5 Å². The molecule has 0 fully saturated rings. The molecular weight excluding hydrogens is 243 g/mol. The summed E-state index contributed by atoms with van der Waals surface area (Å²) in [7, 11) is 0. The van der Waals surface area contributed by atoms with Crippen LogP contribution < -0.4 is 4.90 Å². The number of benzene rings is 1. The van der Waals surface area contributed by atoms with Crippen molar-refractivity contribution in [3.8, 4) is 0 Å². The molecule has 4 heteroatoms. The van der Waals surface area contributed by atoms with Gasteiger partial charge in [0.2, 0.25) is 0 Å². The molecule has 0 bridgehead atoms. The van der Waals surface area contributed by atoms with Crippen LogP contribution in [0.25, 0.3) is 0 Å². The van der Waals surface area contributed by atoms with Gasteiger partial charge in [-0.25, -0.2) is 4.39 Å². The maximum absolute atomic E-state index is 13.0. The first-order valence-corrected chi connectivity index (χ1v) is 6.40. The third-order valence-corrected chi connectivity index (χ3v) is 3.48. The molecule has 1 aromatic carbocycles. The molecule has 0 saturated carbocycles. The minimum absolute atomic E-state index is 0.172. The molecule has 0 atom stereocenters. The average molecular weight is 258 g/mol. The lowest BCUT2D eigenvalue weighted by atomic mass is 9.99. The second kappa shape index (κ2) is 4.53. The lowest BCUT2D eigenvalue weighted by Gasteiger charge is -2.29. The van der Waals surface area contributed by atoms with Crippen molar-refractivity contribution in [2.24, 2.45) is 0 Å². The lowest BCUT2D eigenvalue weighted by molar-refractivity contribution is 0.0981. The van der Waals surface area contributed by atoms with Gasteiger partial charge in [-0.15, -0.1) is 0 Å². The van der Waals surface area contributed by atoms with Crippen molar-refractivity contribution in [1.29, 1.82) is 0 Å². The maximum Gasteiger partial charge on any atom is 0.274 e. The summed E-state index contributed by atoms with van der Waals surface area (Å²) in [5, 5.41) is 0. The summed E-state index contributed by atoms with van der Waals surface area (Å²) < 4.78 is 13.0. The number of nitrogens with one attached hydrogen (secondary N) is 1. The van der Waals surface area contributed by atoms with Gasteiger partial charge in [-0.3, -0.25) is 4.79 Å². The van der Waals surface area contributed by atoms with E-state index in [9.17, 15) is 9.18 Å². The normalized spacial score (nSPS) is 14.3. The van der Waals surface area contributed by atoms with Crippen LogP contribution in [0.15, 0.2) is 30.5 Å². The monoisotopic (exact) mass is 258 g/mol. The van der Waals surface area contributed by atoms with E-state index in [1.54, 1.807) is 4.90 Å². The van der Waals surface area contributed by atoms with Crippen molar-refractivity contribution < 1.29 is 9.18 Å². The number of amides is 1. The predicted octanol–water partition coefficient (Wildman–Crippen LogP) is 3.06. The molecule has 1 amide bonds. The number of fused-ring (bicyclic) bond motifs is 1. The van der Waals surface area contributed by atoms with Gasteiger partial charge in [0.05, 0.1) is 0 Å². The summed E-state index contributed by atoms with van der Waals surface area (Å²) >= 11 is 0. The van der Waals surface area contributed by atoms with Crippen molar-refractivity contribution in [3.05, 3.63) is 53.1 Å². The molecule has 0 unspecified atom stereocenters. The first-order valence-electron chi connectivity index (χ1n) is 6.40. The number of H-pyrrole nitrogens is 1. The van der Waals surface area contributed by atoms with Crippen molar-refractivity contribution in [1.82, 2.24) is 4.98 Å². The molecule has 3 nitrogen and oxygen atoms in total. The van der Waals surface area contributed by atoms with Crippen molar-refractivity contribution in [2.45, 2.75) is 19.8 Å². The third kappa shape index (κ3) is 2.14. The fourth-order valence-corrected chi connectivity index (χ4v) is 2.57. The van der Waals surface area contributed by atoms with Gasteiger partial charge in [0.25, 0.3) is 5.91 Å². The number of rotatable bonds is 1. The highest BCUT2D eigenvalue weighted by molar-refractivity contribution is 6.05. The maximum atomic E-state index is 13.0. The molecule has 0 radical (unpaired) electrons. The Labute approximate surface area is 111 Å². The quantitative estimate of drug-likeness (QED) is 0.838. The Hall–Kier alpha value is -2.10. The molecule has 3 rings (SSSR count). The first kappa shape index (κ1) is 12.0. The zero-order valence-electron chi connectivity index (χ0n) is 10.7. The van der Waals surface area contributed by atoms with Gasteiger partial charge < -0.3 is 9.88 Å². The van der Waals surface area contributed by atoms with E-state index in [-0.39, 0.29) is 5.91 Å². The summed E-state index contributed by atoms with van der Waals surface area (Å²) in [6, 6.07) is 7.33. The van der Waals surface area contributed by atoms with Crippen molar-refractivity contribution in [3.63, 3.8) is 0 Å². The lowest BCUT2D eigenvalue weighted by Crippen LogP contribution is -2.35. The van der Waals surface area contributed by atoms with E-state index in [1.807, 2.05) is 19.1 Å². The van der Waals surface area contributed by atoms with E-state index in [0.29, 0.717) is 12.2 Å². The van der Waals surface area contributed by atoms with Crippen LogP contribution in [0.3, 0.4) is 0 Å². The number of anilines is 1. The van der Waals surface area contributed by atoms with Crippen molar-refractivity contribution >= 4 is 11.6 Å². The molecule has 19 heavy (non-hydrogen) atoms. The molecule has 0 spiro atoms. The summed E-state index contributed by atoms with van der Waals surface area (Å²) in [5.41, 5.74) is 3.62. The number of aryl methyl sites for hydroxylation is 2. The highest BCUT2D eigenvalue weighted by Gasteiger charge is 2.24. The van der Waals surface area contributed by atoms with Crippen LogP contribution in [0.2, 0.25) is 0 Å². The zero-order valence-corrected chi connectivity index (χ0v) is 10.7. The molecule has 98 valence electrons. The molecule has 2 aromatic rings. The topological polar surface area (TPSA) is 36.1 Å². The number of hydrogen-bond acceptors (Lipinski definition) is 1. The molecule has 1 aliphatic heterocycles. The van der Waals surface area contributed by atoms with Crippen LogP contribution in [0.1, 0.15) is 28.0 Å². The van der Waals surface area contributed by atoms with Gasteiger partial charge in [-0.05, 0) is 31.4 Å². The summed E-state index contributed by atoms with van der Waals surface area (Å²) in [5.74, 6) is -0.585. The van der Waals surface area contributed by atoms with E-state index < -0.39 is 5.82 Å². The minimum Gasteiger partial charge on any atom is -0.355 e. The SMILES string of the molecule is Cc1ccc2c(c1)CCCN2C(=O)c1cc(F)c[nH]1. The largest absolute Gasteiger partial charge is 0.355 e. The fourth-order valence-electron chi connectivity index (χ4n) is 2.57. The van der Waals surface area contributed by atoms with E-state index >= 15 is 0 Å². The Balaban J connectivity index is 1.97. The van der Waals surface area contributed by atoms with Crippen LogP contribution in [-0.4, -0.2) is 17.4 Å². The van der Waals surface area contributed by atoms with Crippen LogP contribution >= 0.6 is 0 Å². The second-order valence-electron chi connectivity index (χ2n) is 4.92. The molecular formula is C15H15FN2O. The molecule has 0 saturated heterocycles. The Bertz CT molecular complexity index is 633. The highest BCUT2D eigenvalue weighted by atomic mass is 19.1. The zero-order chi connectivity index (χ0) is 13.4. The van der Waals surface area contributed by atoms with E-state index in [4.69, 9.17) is 0 Å². The van der Waals surface area contributed by atoms with Crippen LogP contribution in [-0.2, 0) is 6.42 Å². The van der Waals surface area contributed by atoms with Gasteiger partial charge in [-0.1, -0.05) is 17.7 Å². The summed E-state index contributed by atoms with van der Waals surface area (Å²) in [6.07, 6.45) is 3.12. The van der Waals surface area contributed by atoms with Gasteiger partial charge in [-0.2, -0.15) is 0 Å². The van der Waals surface area contributed by atoms with Gasteiger partial charge in [0.15, 0.2) is 0 Å². The molecule has 1 aliphatic rings. The van der Waals surface area contributed by atoms with Crippen LogP contribution in [0, 0.1) is 12.7 Å². The second-order valence-corrected chi connectivity index (χ2v) is 4.92.